The highest BCUT2D eigenvalue weighted by Gasteiger charge is 2.26. The first-order chi connectivity index (χ1) is 14.0. The SMILES string of the molecule is CC(OC(=O)Cc1ccccc1Cl)C(=O)N1CCCC1.c1cc2c(s1)CCNC2. The molecule has 1 amide bonds. The first-order valence-corrected chi connectivity index (χ1v) is 11.3. The van der Waals surface area contributed by atoms with E-state index in [1.807, 2.05) is 17.4 Å². The summed E-state index contributed by atoms with van der Waals surface area (Å²) in [6.45, 7) is 5.37. The highest BCUT2D eigenvalue weighted by molar-refractivity contribution is 7.10. The van der Waals surface area contributed by atoms with Gasteiger partial charge in [0.2, 0.25) is 0 Å². The number of nitrogens with zero attached hydrogens (tertiary/aromatic N) is 1. The molecule has 5 nitrogen and oxygen atoms in total. The Morgan fingerprint density at radius 2 is 2.00 bits per heavy atom. The molecule has 1 unspecified atom stereocenters. The number of amides is 1. The van der Waals surface area contributed by atoms with E-state index >= 15 is 0 Å². The molecule has 29 heavy (non-hydrogen) atoms. The van der Waals surface area contributed by atoms with Crippen LogP contribution < -0.4 is 5.32 Å². The van der Waals surface area contributed by atoms with E-state index in [9.17, 15) is 9.59 Å². The van der Waals surface area contributed by atoms with Crippen LogP contribution in [0.5, 0.6) is 0 Å². The largest absolute Gasteiger partial charge is 0.452 e. The molecule has 2 aliphatic rings. The molecule has 1 saturated heterocycles. The van der Waals surface area contributed by atoms with Gasteiger partial charge in [0.1, 0.15) is 0 Å². The molecular formula is C22H27ClN2O3S. The maximum atomic E-state index is 12.0. The molecule has 1 atom stereocenters. The van der Waals surface area contributed by atoms with E-state index in [1.165, 1.54) is 12.0 Å². The molecule has 0 radical (unpaired) electrons. The Labute approximate surface area is 181 Å². The number of thiophene rings is 1. The maximum Gasteiger partial charge on any atom is 0.311 e. The number of hydrogen-bond donors (Lipinski definition) is 1. The molecule has 1 fully saturated rings. The molecule has 7 heteroatoms. The van der Waals surface area contributed by atoms with Crippen molar-refractivity contribution in [1.29, 1.82) is 0 Å². The smallest absolute Gasteiger partial charge is 0.311 e. The Balaban J connectivity index is 0.000000220. The van der Waals surface area contributed by atoms with Gasteiger partial charge in [-0.3, -0.25) is 9.59 Å². The molecule has 0 saturated carbocycles. The molecule has 2 aliphatic heterocycles. The Hall–Kier alpha value is -1.89. The van der Waals surface area contributed by atoms with Crippen LogP contribution in [0.1, 0.15) is 35.8 Å². The summed E-state index contributed by atoms with van der Waals surface area (Å²) in [7, 11) is 0. The average molecular weight is 435 g/mol. The third-order valence-corrected chi connectivity index (χ3v) is 6.44. The topological polar surface area (TPSA) is 58.6 Å². The second-order valence-electron chi connectivity index (χ2n) is 7.23. The number of fused-ring (bicyclic) bond motifs is 1. The summed E-state index contributed by atoms with van der Waals surface area (Å²) < 4.78 is 5.19. The van der Waals surface area contributed by atoms with E-state index in [-0.39, 0.29) is 12.3 Å². The first-order valence-electron chi connectivity index (χ1n) is 10.0. The number of rotatable bonds is 4. The van der Waals surface area contributed by atoms with E-state index in [0.717, 1.165) is 39.0 Å². The molecule has 4 rings (SSSR count). The van der Waals surface area contributed by atoms with Gasteiger partial charge in [0.15, 0.2) is 6.10 Å². The highest BCUT2D eigenvalue weighted by atomic mass is 35.5. The van der Waals surface area contributed by atoms with Crippen molar-refractivity contribution in [3.05, 3.63) is 56.7 Å². The minimum Gasteiger partial charge on any atom is -0.452 e. The standard InChI is InChI=1S/C15H18ClNO3.C7H9NS/c1-11(15(19)17-8-4-5-9-17)20-14(18)10-12-6-2-3-7-13(12)16;1-3-8-5-6-2-4-9-7(1)6/h2-3,6-7,11H,4-5,8-10H2,1H3;2,4,8H,1,3,5H2. The molecule has 1 aromatic carbocycles. The summed E-state index contributed by atoms with van der Waals surface area (Å²) in [6, 6.07) is 9.33. The molecule has 3 heterocycles. The van der Waals surface area contributed by atoms with Crippen LogP contribution in [-0.4, -0.2) is 42.5 Å². The van der Waals surface area contributed by atoms with Crippen LogP contribution in [0, 0.1) is 0 Å². The predicted molar refractivity (Wildman–Crippen MR) is 116 cm³/mol. The molecule has 1 N–H and O–H groups in total. The fourth-order valence-corrected chi connectivity index (χ4v) is 4.56. The van der Waals surface area contributed by atoms with Gasteiger partial charge in [-0.2, -0.15) is 0 Å². The van der Waals surface area contributed by atoms with Gasteiger partial charge < -0.3 is 15.0 Å². The Morgan fingerprint density at radius 1 is 1.24 bits per heavy atom. The van der Waals surface area contributed by atoms with E-state index in [0.29, 0.717) is 10.6 Å². The van der Waals surface area contributed by atoms with Crippen LogP contribution >= 0.6 is 22.9 Å². The van der Waals surface area contributed by atoms with Crippen molar-refractivity contribution >= 4 is 34.8 Å². The Bertz CT molecular complexity index is 812. The van der Waals surface area contributed by atoms with Gasteiger partial charge in [-0.05, 0) is 54.8 Å². The molecule has 0 aliphatic carbocycles. The number of nitrogens with one attached hydrogen (secondary N) is 1. The minimum atomic E-state index is -0.733. The fraction of sp³-hybridized carbons (Fsp3) is 0.455. The quantitative estimate of drug-likeness (QED) is 0.743. The third-order valence-electron chi connectivity index (χ3n) is 5.05. The Kier molecular flexibility index (Phi) is 8.09. The number of halogens is 1. The van der Waals surface area contributed by atoms with Crippen molar-refractivity contribution in [3.8, 4) is 0 Å². The maximum absolute atomic E-state index is 12.0. The normalized spacial score (nSPS) is 16.4. The molecule has 2 aromatic rings. The van der Waals surface area contributed by atoms with Crippen molar-refractivity contribution in [2.75, 3.05) is 19.6 Å². The third kappa shape index (κ3) is 6.29. The number of ether oxygens (including phenoxy) is 1. The van der Waals surface area contributed by atoms with Crippen LogP contribution in [0.2, 0.25) is 5.02 Å². The zero-order valence-electron chi connectivity index (χ0n) is 16.7. The second-order valence-corrected chi connectivity index (χ2v) is 8.64. The lowest BCUT2D eigenvalue weighted by Gasteiger charge is -2.20. The highest BCUT2D eigenvalue weighted by Crippen LogP contribution is 2.19. The molecular weight excluding hydrogens is 408 g/mol. The molecule has 0 spiro atoms. The van der Waals surface area contributed by atoms with E-state index in [4.69, 9.17) is 16.3 Å². The number of carbonyl (C=O) groups is 2. The number of likely N-dealkylation sites (tertiary alicyclic amines) is 1. The van der Waals surface area contributed by atoms with Gasteiger partial charge in [-0.15, -0.1) is 11.3 Å². The molecule has 1 aromatic heterocycles. The van der Waals surface area contributed by atoms with Gasteiger partial charge in [0.05, 0.1) is 6.42 Å². The second kappa shape index (κ2) is 10.8. The average Bonchev–Trinajstić information content (AvgIpc) is 3.41. The number of hydrogen-bond acceptors (Lipinski definition) is 5. The summed E-state index contributed by atoms with van der Waals surface area (Å²) in [6.07, 6.45) is 2.62. The van der Waals surface area contributed by atoms with E-state index in [2.05, 4.69) is 16.8 Å². The van der Waals surface area contributed by atoms with Gasteiger partial charge in [0.25, 0.3) is 5.91 Å². The molecule has 156 valence electrons. The predicted octanol–water partition coefficient (Wildman–Crippen LogP) is 3.83. The summed E-state index contributed by atoms with van der Waals surface area (Å²) in [5, 5.41) is 6.04. The van der Waals surface area contributed by atoms with Gasteiger partial charge >= 0.3 is 5.97 Å². The summed E-state index contributed by atoms with van der Waals surface area (Å²) >= 11 is 7.87. The van der Waals surface area contributed by atoms with Crippen LogP contribution in [0.3, 0.4) is 0 Å². The summed E-state index contributed by atoms with van der Waals surface area (Å²) in [4.78, 5) is 27.2. The van der Waals surface area contributed by atoms with Crippen molar-refractivity contribution in [2.24, 2.45) is 0 Å². The van der Waals surface area contributed by atoms with Crippen LogP contribution in [0.15, 0.2) is 35.7 Å². The monoisotopic (exact) mass is 434 g/mol. The number of benzene rings is 1. The zero-order valence-corrected chi connectivity index (χ0v) is 18.2. The van der Waals surface area contributed by atoms with Crippen LogP contribution in [0.25, 0.3) is 0 Å². The van der Waals surface area contributed by atoms with Crippen molar-refractivity contribution in [2.45, 2.75) is 45.3 Å². The van der Waals surface area contributed by atoms with Crippen molar-refractivity contribution in [3.63, 3.8) is 0 Å². The van der Waals surface area contributed by atoms with Crippen LogP contribution in [0.4, 0.5) is 0 Å². The van der Waals surface area contributed by atoms with Crippen LogP contribution in [-0.2, 0) is 33.7 Å². The number of carbonyl (C=O) groups excluding carboxylic acids is 2. The minimum absolute atomic E-state index is 0.0806. The summed E-state index contributed by atoms with van der Waals surface area (Å²) in [5.41, 5.74) is 2.21. The van der Waals surface area contributed by atoms with Crippen molar-refractivity contribution < 1.29 is 14.3 Å². The fourth-order valence-electron chi connectivity index (χ4n) is 3.45. The van der Waals surface area contributed by atoms with E-state index in [1.54, 1.807) is 34.9 Å². The number of esters is 1. The Morgan fingerprint density at radius 3 is 2.72 bits per heavy atom. The van der Waals surface area contributed by atoms with Crippen molar-refractivity contribution in [1.82, 2.24) is 10.2 Å². The lowest BCUT2D eigenvalue weighted by atomic mass is 10.1. The first kappa shape index (κ1) is 21.8. The molecule has 0 bridgehead atoms. The van der Waals surface area contributed by atoms with Gasteiger partial charge in [-0.25, -0.2) is 0 Å². The lowest BCUT2D eigenvalue weighted by Crippen LogP contribution is -2.38. The summed E-state index contributed by atoms with van der Waals surface area (Å²) in [5.74, 6) is -0.548. The van der Waals surface area contributed by atoms with Gasteiger partial charge in [0, 0.05) is 36.1 Å². The lowest BCUT2D eigenvalue weighted by molar-refractivity contribution is -0.158. The van der Waals surface area contributed by atoms with Gasteiger partial charge in [-0.1, -0.05) is 29.8 Å². The zero-order chi connectivity index (χ0) is 20.6. The van der Waals surface area contributed by atoms with E-state index < -0.39 is 12.1 Å².